The van der Waals surface area contributed by atoms with Crippen LogP contribution in [0.25, 0.3) is 0 Å². The first-order chi connectivity index (χ1) is 27.6. The van der Waals surface area contributed by atoms with Gasteiger partial charge in [0.25, 0.3) is 0 Å². The summed E-state index contributed by atoms with van der Waals surface area (Å²) in [4.78, 5) is 100. The molecule has 2 unspecified atom stereocenters. The van der Waals surface area contributed by atoms with Crippen LogP contribution in [0.3, 0.4) is 0 Å². The van der Waals surface area contributed by atoms with Crippen LogP contribution in [0.15, 0.2) is 24.3 Å². The Bertz CT molecular complexity index is 1620. The summed E-state index contributed by atoms with van der Waals surface area (Å²) in [6.45, 7) is 9.38. The van der Waals surface area contributed by atoms with Gasteiger partial charge in [0.15, 0.2) is 5.78 Å². The third-order valence-corrected chi connectivity index (χ3v) is 13.9. The molecule has 4 fully saturated rings. The Balaban J connectivity index is 1.14. The molecule has 0 radical (unpaired) electrons. The van der Waals surface area contributed by atoms with Gasteiger partial charge in [-0.2, -0.15) is 0 Å². The van der Waals surface area contributed by atoms with Crippen molar-refractivity contribution in [3.05, 3.63) is 35.4 Å². The molecule has 4 aliphatic rings. The van der Waals surface area contributed by atoms with Gasteiger partial charge in [-0.15, -0.1) is 0 Å². The zero-order chi connectivity index (χ0) is 41.9. The standard InChI is InChI=1S/C37H58BN7O12.Ga/c1-25(2)29(36(54)40-26(3)37(55)45-10-4-5-31(45)38(56)57)19-30(46)28-8-6-27(7-9-28)20-39-32(47)21-41-11-13-42(22-33(48)49)15-17-44(24-35(52)53)18-16-43(14-12-41)23-34(50)51;/h6-9,25-26,29,31,56-57H,4-5,10-24H2,1-3H3,(H,39,47)(H,40,54)(H,48,49)(H,50,51)(H,52,53);/q;+3/p-3/t26-,29+,31+;/m1./s1. The summed E-state index contributed by atoms with van der Waals surface area (Å²) >= 11 is -3.96. The number of carbonyl (C=O) groups excluding carboxylic acids is 7. The number of nitrogens with zero attached hydrogens (tertiary/aromatic N) is 5. The van der Waals surface area contributed by atoms with Crippen molar-refractivity contribution in [2.45, 2.75) is 58.6 Å². The van der Waals surface area contributed by atoms with Gasteiger partial charge in [0.2, 0.25) is 11.8 Å². The first-order valence-corrected chi connectivity index (χ1v) is 23.0. The fourth-order valence-electron chi connectivity index (χ4n) is 7.49. The third-order valence-electron chi connectivity index (χ3n) is 11.0. The van der Waals surface area contributed by atoms with Crippen molar-refractivity contribution >= 4 is 65.8 Å². The van der Waals surface area contributed by atoms with Crippen LogP contribution >= 0.6 is 0 Å². The number of Topliss-reactive ketones (excluding diaryl/α,β-unsaturated/α-hetero) is 1. The average Bonchev–Trinajstić information content (AvgIpc) is 3.65. The summed E-state index contributed by atoms with van der Waals surface area (Å²) < 4.78 is 16.1. The topological polar surface area (TPSA) is 228 Å². The fourth-order valence-corrected chi connectivity index (χ4v) is 9.61. The van der Waals surface area contributed by atoms with E-state index in [9.17, 15) is 43.6 Å². The summed E-state index contributed by atoms with van der Waals surface area (Å²) in [5.41, 5.74) is 1.16. The van der Waals surface area contributed by atoms with Gasteiger partial charge in [-0.1, -0.05) is 38.1 Å². The van der Waals surface area contributed by atoms with Gasteiger partial charge in [-0.3, -0.25) is 14.4 Å². The molecule has 5 rings (SSSR count). The van der Waals surface area contributed by atoms with E-state index in [1.54, 1.807) is 31.2 Å². The molecule has 4 N–H and O–H groups in total. The second-order valence-corrected chi connectivity index (χ2v) is 18.4. The first kappa shape index (κ1) is 45.3. The van der Waals surface area contributed by atoms with Crippen molar-refractivity contribution < 1.29 is 54.2 Å². The van der Waals surface area contributed by atoms with Gasteiger partial charge in [-0.25, -0.2) is 0 Å². The third kappa shape index (κ3) is 13.3. The minimum absolute atomic E-state index is 0.00810. The molecule has 58 heavy (non-hydrogen) atoms. The smallest absolute Gasteiger partial charge is 0.426 e. The molecule has 1 aromatic rings. The van der Waals surface area contributed by atoms with Crippen LogP contribution in [0.2, 0.25) is 0 Å². The SMILES string of the molecule is CC(C)[C@H](CC(=O)c1ccc(CNC(=O)CN2CCN3CCN4CCN(CC2)CC(=O)[O][Ga]([O]C(=O)C3)[O]C(=O)C4)cc1)C(=O)N[C@H](C)C(=O)N1CCC[C@H]1B(O)O. The van der Waals surface area contributed by atoms with Gasteiger partial charge >= 0.3 is 194 Å². The van der Waals surface area contributed by atoms with Crippen molar-refractivity contribution in [2.75, 3.05) is 85.1 Å². The summed E-state index contributed by atoms with van der Waals surface area (Å²) in [6.07, 6.45) is 1.01. The number of likely N-dealkylation sites (tertiary alicyclic amines) is 1. The number of amides is 3. The number of benzene rings is 1. The molecule has 4 saturated heterocycles. The van der Waals surface area contributed by atoms with Gasteiger partial charge in [0, 0.05) is 24.4 Å². The number of fused-ring (bicyclic) bond motifs is 7. The molecule has 19 nitrogen and oxygen atoms in total. The normalized spacial score (nSPS) is 24.6. The molecule has 4 aliphatic heterocycles. The van der Waals surface area contributed by atoms with E-state index in [4.69, 9.17) is 10.6 Å². The second kappa shape index (κ2) is 21.4. The Morgan fingerprint density at radius 1 is 0.793 bits per heavy atom. The molecular weight excluding hydrogens is 815 g/mol. The molecule has 0 saturated carbocycles. The summed E-state index contributed by atoms with van der Waals surface area (Å²) in [6, 6.07) is 5.87. The molecule has 4 heterocycles. The van der Waals surface area contributed by atoms with Crippen molar-refractivity contribution in [2.24, 2.45) is 11.8 Å². The Morgan fingerprint density at radius 2 is 1.31 bits per heavy atom. The molecule has 5 atom stereocenters. The Kier molecular flexibility index (Phi) is 16.7. The Hall–Kier alpha value is -3.83. The van der Waals surface area contributed by atoms with Crippen LogP contribution in [0.4, 0.5) is 0 Å². The predicted octanol–water partition coefficient (Wildman–Crippen LogP) is -2.48. The largest absolute Gasteiger partial charge is 0.475 e. The van der Waals surface area contributed by atoms with Crippen molar-refractivity contribution in [1.29, 1.82) is 0 Å². The molecule has 1 aromatic carbocycles. The molecule has 0 aromatic heterocycles. The van der Waals surface area contributed by atoms with Gasteiger partial charge < -0.3 is 20.3 Å². The molecule has 21 heteroatoms. The quantitative estimate of drug-likeness (QED) is 0.126. The summed E-state index contributed by atoms with van der Waals surface area (Å²) in [5.74, 6) is -4.81. The van der Waals surface area contributed by atoms with Gasteiger partial charge in [0.05, 0.1) is 5.94 Å². The zero-order valence-electron chi connectivity index (χ0n) is 33.5. The van der Waals surface area contributed by atoms with Gasteiger partial charge in [-0.05, 0) is 25.7 Å². The maximum absolute atomic E-state index is 13.3. The van der Waals surface area contributed by atoms with Crippen LogP contribution < -0.4 is 10.6 Å². The average molecular weight is 870 g/mol. The van der Waals surface area contributed by atoms with E-state index >= 15 is 0 Å². The van der Waals surface area contributed by atoms with E-state index in [1.807, 2.05) is 33.4 Å². The Morgan fingerprint density at radius 3 is 1.81 bits per heavy atom. The van der Waals surface area contributed by atoms with Crippen molar-refractivity contribution in [3.63, 3.8) is 0 Å². The van der Waals surface area contributed by atoms with E-state index in [1.165, 1.54) is 4.90 Å². The maximum Gasteiger partial charge on any atom is 0.475 e. The number of rotatable bonds is 12. The van der Waals surface area contributed by atoms with E-state index < -0.39 is 72.1 Å². The van der Waals surface area contributed by atoms with Crippen LogP contribution in [-0.4, -0.2) is 197 Å². The first-order valence-electron chi connectivity index (χ1n) is 20.0. The molecule has 316 valence electrons. The van der Waals surface area contributed by atoms with E-state index in [2.05, 4.69) is 10.6 Å². The number of ketones is 1. The molecule has 0 aliphatic carbocycles. The molecular formula is C37H55BGaN7O12. The van der Waals surface area contributed by atoms with Crippen LogP contribution in [0, 0.1) is 11.8 Å². The minimum atomic E-state index is -3.96. The molecule has 0 spiro atoms. The van der Waals surface area contributed by atoms with Crippen LogP contribution in [0.1, 0.15) is 56.0 Å². The number of carbonyl (C=O) groups is 7. The number of hydrogen-bond donors (Lipinski definition) is 4. The van der Waals surface area contributed by atoms with Crippen LogP contribution in [-0.2, 0) is 45.9 Å². The van der Waals surface area contributed by atoms with Crippen LogP contribution in [0.5, 0.6) is 0 Å². The summed E-state index contributed by atoms with van der Waals surface area (Å²) in [5, 5.41) is 25.0. The Labute approximate surface area is 345 Å². The maximum atomic E-state index is 13.3. The number of nitrogens with one attached hydrogen (secondary N) is 2. The predicted molar refractivity (Wildman–Crippen MR) is 208 cm³/mol. The number of hydrogen-bond acceptors (Lipinski definition) is 16. The van der Waals surface area contributed by atoms with Crippen molar-refractivity contribution in [1.82, 2.24) is 35.1 Å². The van der Waals surface area contributed by atoms with Gasteiger partial charge in [0.1, 0.15) is 6.04 Å². The zero-order valence-corrected chi connectivity index (χ0v) is 35.9. The minimum Gasteiger partial charge on any atom is -0.426 e. The monoisotopic (exact) mass is 869 g/mol. The summed E-state index contributed by atoms with van der Waals surface area (Å²) in [7, 11) is -1.66. The van der Waals surface area contributed by atoms with E-state index in [0.717, 1.165) is 5.56 Å². The fraction of sp³-hybridized carbons (Fsp3) is 0.649. The molecule has 4 bridgehead atoms. The second-order valence-electron chi connectivity index (χ2n) is 15.7. The van der Waals surface area contributed by atoms with Crippen molar-refractivity contribution in [3.8, 4) is 0 Å². The van der Waals surface area contributed by atoms with E-state index in [0.29, 0.717) is 77.3 Å². The van der Waals surface area contributed by atoms with E-state index in [-0.39, 0.29) is 56.8 Å². The molecule has 3 amide bonds.